The van der Waals surface area contributed by atoms with Crippen molar-refractivity contribution in [2.75, 3.05) is 19.7 Å². The van der Waals surface area contributed by atoms with Gasteiger partial charge in [0.2, 0.25) is 0 Å². The zero-order chi connectivity index (χ0) is 24.9. The first-order valence-corrected chi connectivity index (χ1v) is 13.5. The molecule has 1 heterocycles. The van der Waals surface area contributed by atoms with Gasteiger partial charge in [-0.2, -0.15) is 0 Å². The fourth-order valence-electron chi connectivity index (χ4n) is 3.89. The van der Waals surface area contributed by atoms with Crippen molar-refractivity contribution in [3.8, 4) is 22.6 Å². The van der Waals surface area contributed by atoms with Gasteiger partial charge in [-0.05, 0) is 97.8 Å². The average molecular weight is 707 g/mol. The van der Waals surface area contributed by atoms with Crippen molar-refractivity contribution in [3.63, 3.8) is 0 Å². The van der Waals surface area contributed by atoms with Gasteiger partial charge in [0, 0.05) is 17.6 Å². The number of nitrogens with one attached hydrogen (secondary N) is 1. The van der Waals surface area contributed by atoms with Crippen molar-refractivity contribution in [1.82, 2.24) is 5.32 Å². The van der Waals surface area contributed by atoms with Crippen molar-refractivity contribution in [2.24, 2.45) is 0 Å². The van der Waals surface area contributed by atoms with Crippen LogP contribution in [0.3, 0.4) is 0 Å². The number of carboxylic acids is 1. The number of carbonyl (C=O) groups is 1. The number of aliphatic hydroxyl groups is 1. The lowest BCUT2D eigenvalue weighted by Gasteiger charge is -2.27. The summed E-state index contributed by atoms with van der Waals surface area (Å²) in [6, 6.07) is 16.7. The Morgan fingerprint density at radius 3 is 2.39 bits per heavy atom. The van der Waals surface area contributed by atoms with Crippen LogP contribution in [0, 0.1) is 0 Å². The minimum Gasteiger partial charge on any atom is -0.489 e. The summed E-state index contributed by atoms with van der Waals surface area (Å²) in [4.78, 5) is 11.1. The molecule has 0 aromatic heterocycles. The van der Waals surface area contributed by atoms with Gasteiger partial charge < -0.3 is 25.0 Å². The van der Waals surface area contributed by atoms with Crippen LogP contribution < -0.4 is 14.8 Å². The molecule has 1 unspecified atom stereocenters. The van der Waals surface area contributed by atoms with Crippen LogP contribution in [-0.2, 0) is 6.42 Å². The largest absolute Gasteiger partial charge is 0.489 e. The molecule has 0 radical (unpaired) electrons. The van der Waals surface area contributed by atoms with Gasteiger partial charge in [-0.1, -0.05) is 34.1 Å². The summed E-state index contributed by atoms with van der Waals surface area (Å²) >= 11 is 10.4. The molecule has 2 atom stereocenters. The van der Waals surface area contributed by atoms with E-state index in [0.29, 0.717) is 18.8 Å². The zero-order valence-electron chi connectivity index (χ0n) is 19.0. The second-order valence-electron chi connectivity index (χ2n) is 8.31. The molecule has 3 N–H and O–H groups in total. The molecule has 36 heavy (non-hydrogen) atoms. The number of fused-ring (bicyclic) bond motifs is 1. The van der Waals surface area contributed by atoms with E-state index in [9.17, 15) is 9.90 Å². The summed E-state index contributed by atoms with van der Waals surface area (Å²) in [7, 11) is 0. The molecule has 1 aliphatic heterocycles. The van der Waals surface area contributed by atoms with Crippen molar-refractivity contribution >= 4 is 66.2 Å². The van der Waals surface area contributed by atoms with Crippen LogP contribution >= 0.6 is 60.2 Å². The fourth-order valence-corrected chi connectivity index (χ4v) is 6.38. The highest BCUT2D eigenvalue weighted by molar-refractivity contribution is 9.11. The molecule has 0 amide bonds. The minimum atomic E-state index is -0.930. The highest BCUT2D eigenvalue weighted by atomic mass is 79.9. The number of benzene rings is 3. The van der Waals surface area contributed by atoms with Crippen LogP contribution in [-0.4, -0.2) is 48.1 Å². The molecule has 0 spiro atoms. The van der Waals surface area contributed by atoms with E-state index in [2.05, 4.69) is 59.2 Å². The number of aliphatic hydroxyl groups excluding tert-OH is 1. The Kier molecular flexibility index (Phi) is 10.7. The van der Waals surface area contributed by atoms with E-state index in [4.69, 9.17) is 14.6 Å². The normalized spacial score (nSPS) is 15.3. The third-order valence-corrected chi connectivity index (χ3v) is 7.33. The topological polar surface area (TPSA) is 88.0 Å². The molecule has 0 saturated heterocycles. The van der Waals surface area contributed by atoms with E-state index in [1.807, 2.05) is 36.4 Å². The molecule has 0 aliphatic carbocycles. The van der Waals surface area contributed by atoms with Crippen LogP contribution in [0.4, 0.5) is 0 Å². The monoisotopic (exact) mass is 703 g/mol. The third-order valence-electron chi connectivity index (χ3n) is 5.69. The molecule has 0 saturated carbocycles. The van der Waals surface area contributed by atoms with E-state index in [-0.39, 0.29) is 30.7 Å². The van der Waals surface area contributed by atoms with E-state index >= 15 is 0 Å². The Labute approximate surface area is 241 Å². The standard InChI is InChI=1S/C26H24Br3NO5.ClH/c27-19-10-22(28)25(23(29)11-19)34-14-20(31)12-30-13-21-7-5-18-9-17(6-8-24(18)35-21)15-1-3-16(4-2-15)26(32)33;/h1-4,6,8-11,20-21,30-31H,5,7,12-14H2,(H,32,33);1H/t20?,21-;/m1./s1. The fraction of sp³-hybridized carbons (Fsp3) is 0.269. The van der Waals surface area contributed by atoms with Crippen LogP contribution in [0.5, 0.6) is 11.5 Å². The van der Waals surface area contributed by atoms with Gasteiger partial charge in [0.1, 0.15) is 30.3 Å². The van der Waals surface area contributed by atoms with Gasteiger partial charge in [-0.25, -0.2) is 4.79 Å². The molecular weight excluding hydrogens is 681 g/mol. The van der Waals surface area contributed by atoms with Crippen molar-refractivity contribution in [2.45, 2.75) is 25.0 Å². The lowest BCUT2D eigenvalue weighted by Crippen LogP contribution is -2.39. The molecule has 3 aromatic rings. The zero-order valence-corrected chi connectivity index (χ0v) is 24.6. The number of carboxylic acid groups (broad SMARTS) is 1. The summed E-state index contributed by atoms with van der Waals surface area (Å²) in [6.45, 7) is 1.18. The molecule has 10 heteroatoms. The predicted molar refractivity (Wildman–Crippen MR) is 153 cm³/mol. The first-order chi connectivity index (χ1) is 16.8. The van der Waals surface area contributed by atoms with Crippen molar-refractivity contribution < 1.29 is 24.5 Å². The van der Waals surface area contributed by atoms with E-state index in [0.717, 1.165) is 48.7 Å². The highest BCUT2D eigenvalue weighted by Gasteiger charge is 2.21. The molecule has 4 rings (SSSR count). The van der Waals surface area contributed by atoms with Crippen LogP contribution in [0.25, 0.3) is 11.1 Å². The maximum atomic E-state index is 11.1. The SMILES string of the molecule is Cl.O=C(O)c1ccc(-c2ccc3c(c2)CC[C@H](CNCC(O)COc2c(Br)cc(Br)cc2Br)O3)cc1. The smallest absolute Gasteiger partial charge is 0.335 e. The van der Waals surface area contributed by atoms with Gasteiger partial charge >= 0.3 is 5.97 Å². The summed E-state index contributed by atoms with van der Waals surface area (Å²) in [5.74, 6) is 0.584. The summed E-state index contributed by atoms with van der Waals surface area (Å²) in [5.41, 5.74) is 3.42. The summed E-state index contributed by atoms with van der Waals surface area (Å²) in [5, 5.41) is 22.7. The van der Waals surface area contributed by atoms with Gasteiger partial charge in [0.15, 0.2) is 0 Å². The number of ether oxygens (including phenoxy) is 2. The van der Waals surface area contributed by atoms with Crippen molar-refractivity contribution in [1.29, 1.82) is 0 Å². The molecular formula is C26H25Br3ClNO5. The number of aryl methyl sites for hydroxylation is 1. The molecule has 0 fully saturated rings. The number of halogens is 4. The minimum absolute atomic E-state index is 0. The van der Waals surface area contributed by atoms with E-state index < -0.39 is 12.1 Å². The Balaban J connectivity index is 0.00000361. The molecule has 3 aromatic carbocycles. The van der Waals surface area contributed by atoms with Crippen LogP contribution in [0.2, 0.25) is 0 Å². The number of hydrogen-bond donors (Lipinski definition) is 3. The number of aromatic carboxylic acids is 1. The lowest BCUT2D eigenvalue weighted by molar-refractivity contribution is 0.0697. The van der Waals surface area contributed by atoms with Gasteiger partial charge in [0.05, 0.1) is 14.5 Å². The first-order valence-electron chi connectivity index (χ1n) is 11.1. The first kappa shape index (κ1) is 28.9. The highest BCUT2D eigenvalue weighted by Crippen LogP contribution is 2.36. The second kappa shape index (κ2) is 13.3. The van der Waals surface area contributed by atoms with Crippen molar-refractivity contribution in [3.05, 3.63) is 79.1 Å². The van der Waals surface area contributed by atoms with Gasteiger partial charge in [0.25, 0.3) is 0 Å². The molecule has 6 nitrogen and oxygen atoms in total. The molecule has 0 bridgehead atoms. The predicted octanol–water partition coefficient (Wildman–Crippen LogP) is 6.48. The number of hydrogen-bond acceptors (Lipinski definition) is 5. The third kappa shape index (κ3) is 7.46. The maximum absolute atomic E-state index is 11.1. The summed E-state index contributed by atoms with van der Waals surface area (Å²) < 4.78 is 14.5. The molecule has 192 valence electrons. The Bertz CT molecular complexity index is 1190. The van der Waals surface area contributed by atoms with E-state index in [1.165, 1.54) is 0 Å². The van der Waals surface area contributed by atoms with Gasteiger partial charge in [-0.15, -0.1) is 12.4 Å². The van der Waals surface area contributed by atoms with E-state index in [1.54, 1.807) is 12.1 Å². The maximum Gasteiger partial charge on any atom is 0.335 e. The molecule has 1 aliphatic rings. The van der Waals surface area contributed by atoms with Crippen LogP contribution in [0.15, 0.2) is 68.0 Å². The van der Waals surface area contributed by atoms with Gasteiger partial charge in [-0.3, -0.25) is 0 Å². The Morgan fingerprint density at radius 2 is 1.72 bits per heavy atom. The quantitative estimate of drug-likeness (QED) is 0.236. The Hall–Kier alpha value is -1.62. The average Bonchev–Trinajstić information content (AvgIpc) is 2.83. The van der Waals surface area contributed by atoms with Crippen LogP contribution in [0.1, 0.15) is 22.3 Å². The Morgan fingerprint density at radius 1 is 1.06 bits per heavy atom. The lowest BCUT2D eigenvalue weighted by atomic mass is 9.96. The second-order valence-corrected chi connectivity index (χ2v) is 10.9. The summed E-state index contributed by atoms with van der Waals surface area (Å²) in [6.07, 6.45) is 1.11. The number of rotatable bonds is 9.